The molecule has 0 bridgehead atoms. The summed E-state index contributed by atoms with van der Waals surface area (Å²) in [6, 6.07) is 5.53. The van der Waals surface area contributed by atoms with Crippen LogP contribution in [0.4, 0.5) is 0 Å². The summed E-state index contributed by atoms with van der Waals surface area (Å²) in [6.45, 7) is 0.781. The first-order valence-electron chi connectivity index (χ1n) is 7.91. The fourth-order valence-corrected chi connectivity index (χ4v) is 2.82. The Labute approximate surface area is 132 Å². The van der Waals surface area contributed by atoms with Crippen LogP contribution in [-0.4, -0.2) is 26.7 Å². The fourth-order valence-electron chi connectivity index (χ4n) is 2.82. The van der Waals surface area contributed by atoms with Crippen LogP contribution in [0, 0.1) is 5.92 Å². The van der Waals surface area contributed by atoms with Gasteiger partial charge in [-0.25, -0.2) is 0 Å². The molecule has 0 radical (unpaired) electrons. The SMILES string of the molecule is COc1ccc(/C=C/C(=O)NCC2CCCCC2)c(OC)c1. The molecule has 4 heteroatoms. The molecule has 1 fully saturated rings. The lowest BCUT2D eigenvalue weighted by atomic mass is 9.89. The predicted molar refractivity (Wildman–Crippen MR) is 88.2 cm³/mol. The van der Waals surface area contributed by atoms with E-state index < -0.39 is 0 Å². The third kappa shape index (κ3) is 4.79. The maximum Gasteiger partial charge on any atom is 0.244 e. The van der Waals surface area contributed by atoms with E-state index in [9.17, 15) is 4.79 Å². The Morgan fingerprint density at radius 3 is 2.68 bits per heavy atom. The van der Waals surface area contributed by atoms with Crippen LogP contribution in [0.5, 0.6) is 11.5 Å². The molecule has 0 saturated heterocycles. The van der Waals surface area contributed by atoms with Gasteiger partial charge in [-0.15, -0.1) is 0 Å². The molecule has 2 rings (SSSR count). The molecule has 1 aliphatic carbocycles. The quantitative estimate of drug-likeness (QED) is 0.819. The molecule has 1 aromatic rings. The van der Waals surface area contributed by atoms with Gasteiger partial charge in [0.15, 0.2) is 0 Å². The Balaban J connectivity index is 1.88. The first-order valence-corrected chi connectivity index (χ1v) is 7.91. The monoisotopic (exact) mass is 303 g/mol. The molecular formula is C18H25NO3. The zero-order chi connectivity index (χ0) is 15.8. The molecular weight excluding hydrogens is 278 g/mol. The van der Waals surface area contributed by atoms with Gasteiger partial charge in [-0.2, -0.15) is 0 Å². The molecule has 0 heterocycles. The molecule has 0 unspecified atom stereocenters. The van der Waals surface area contributed by atoms with Crippen LogP contribution >= 0.6 is 0 Å². The average Bonchev–Trinajstić information content (AvgIpc) is 2.58. The van der Waals surface area contributed by atoms with Gasteiger partial charge in [0.2, 0.25) is 5.91 Å². The van der Waals surface area contributed by atoms with Gasteiger partial charge in [-0.05, 0) is 37.0 Å². The highest BCUT2D eigenvalue weighted by Crippen LogP contribution is 2.25. The first kappa shape index (κ1) is 16.4. The number of ether oxygens (including phenoxy) is 2. The summed E-state index contributed by atoms with van der Waals surface area (Å²) in [4.78, 5) is 11.9. The lowest BCUT2D eigenvalue weighted by Gasteiger charge is -2.21. The summed E-state index contributed by atoms with van der Waals surface area (Å²) in [5.74, 6) is 2.01. The molecule has 1 saturated carbocycles. The second-order valence-electron chi connectivity index (χ2n) is 5.69. The van der Waals surface area contributed by atoms with Crippen LogP contribution < -0.4 is 14.8 Å². The van der Waals surface area contributed by atoms with Crippen molar-refractivity contribution in [2.45, 2.75) is 32.1 Å². The lowest BCUT2D eigenvalue weighted by Crippen LogP contribution is -2.28. The minimum absolute atomic E-state index is 0.0524. The molecule has 0 aromatic heterocycles. The number of methoxy groups -OCH3 is 2. The van der Waals surface area contributed by atoms with Crippen molar-refractivity contribution in [2.75, 3.05) is 20.8 Å². The second kappa shape index (κ2) is 8.47. The number of rotatable bonds is 6. The minimum atomic E-state index is -0.0524. The van der Waals surface area contributed by atoms with Crippen LogP contribution in [0.3, 0.4) is 0 Å². The molecule has 120 valence electrons. The Morgan fingerprint density at radius 2 is 2.00 bits per heavy atom. The van der Waals surface area contributed by atoms with Crippen LogP contribution in [0.25, 0.3) is 6.08 Å². The van der Waals surface area contributed by atoms with Crippen LogP contribution in [0.15, 0.2) is 24.3 Å². The third-order valence-corrected chi connectivity index (χ3v) is 4.14. The Hall–Kier alpha value is -1.97. The molecule has 1 aliphatic rings. The van der Waals surface area contributed by atoms with Gasteiger partial charge in [-0.3, -0.25) is 4.79 Å². The maximum absolute atomic E-state index is 11.9. The number of hydrogen-bond acceptors (Lipinski definition) is 3. The number of amides is 1. The summed E-state index contributed by atoms with van der Waals surface area (Å²) < 4.78 is 10.5. The normalized spacial score (nSPS) is 15.7. The summed E-state index contributed by atoms with van der Waals surface area (Å²) >= 11 is 0. The van der Waals surface area contributed by atoms with Crippen molar-refractivity contribution in [3.63, 3.8) is 0 Å². The van der Waals surface area contributed by atoms with Crippen molar-refractivity contribution in [3.05, 3.63) is 29.8 Å². The van der Waals surface area contributed by atoms with E-state index in [0.29, 0.717) is 11.7 Å². The average molecular weight is 303 g/mol. The van der Waals surface area contributed by atoms with Gasteiger partial charge in [0.05, 0.1) is 14.2 Å². The van der Waals surface area contributed by atoms with Crippen molar-refractivity contribution >= 4 is 12.0 Å². The maximum atomic E-state index is 11.9. The molecule has 0 atom stereocenters. The van der Waals surface area contributed by atoms with Crippen LogP contribution in [0.1, 0.15) is 37.7 Å². The van der Waals surface area contributed by atoms with Gasteiger partial charge in [0.1, 0.15) is 11.5 Å². The molecule has 22 heavy (non-hydrogen) atoms. The van der Waals surface area contributed by atoms with Crippen molar-refractivity contribution in [1.82, 2.24) is 5.32 Å². The van der Waals surface area contributed by atoms with Crippen molar-refractivity contribution in [1.29, 1.82) is 0 Å². The van der Waals surface area contributed by atoms with Crippen LogP contribution in [0.2, 0.25) is 0 Å². The number of carbonyl (C=O) groups is 1. The summed E-state index contributed by atoms with van der Waals surface area (Å²) in [5.41, 5.74) is 0.858. The molecule has 0 spiro atoms. The smallest absolute Gasteiger partial charge is 0.244 e. The van der Waals surface area contributed by atoms with E-state index in [1.54, 1.807) is 32.4 Å². The van der Waals surface area contributed by atoms with E-state index in [0.717, 1.165) is 17.9 Å². The number of carbonyl (C=O) groups excluding carboxylic acids is 1. The standard InChI is InChI=1S/C18H25NO3/c1-21-16-10-8-15(17(12-16)22-2)9-11-18(20)19-13-14-6-4-3-5-7-14/h8-12,14H,3-7,13H2,1-2H3,(H,19,20)/b11-9+. The topological polar surface area (TPSA) is 47.6 Å². The highest BCUT2D eigenvalue weighted by atomic mass is 16.5. The largest absolute Gasteiger partial charge is 0.497 e. The zero-order valence-corrected chi connectivity index (χ0v) is 13.4. The van der Waals surface area contributed by atoms with Crippen molar-refractivity contribution < 1.29 is 14.3 Å². The number of hydrogen-bond donors (Lipinski definition) is 1. The Kier molecular flexibility index (Phi) is 6.31. The summed E-state index contributed by atoms with van der Waals surface area (Å²) in [7, 11) is 3.22. The van der Waals surface area contributed by atoms with E-state index in [-0.39, 0.29) is 5.91 Å². The predicted octanol–water partition coefficient (Wildman–Crippen LogP) is 3.41. The van der Waals surface area contributed by atoms with Gasteiger partial charge < -0.3 is 14.8 Å². The first-order chi connectivity index (χ1) is 10.7. The van der Waals surface area contributed by atoms with Gasteiger partial charge >= 0.3 is 0 Å². The van der Waals surface area contributed by atoms with E-state index >= 15 is 0 Å². The third-order valence-electron chi connectivity index (χ3n) is 4.14. The molecule has 4 nitrogen and oxygen atoms in total. The van der Waals surface area contributed by atoms with E-state index in [1.165, 1.54) is 32.1 Å². The summed E-state index contributed by atoms with van der Waals surface area (Å²) in [6.07, 6.45) is 9.72. The van der Waals surface area contributed by atoms with Crippen LogP contribution in [-0.2, 0) is 4.79 Å². The summed E-state index contributed by atoms with van der Waals surface area (Å²) in [5, 5.41) is 2.99. The van der Waals surface area contributed by atoms with E-state index in [1.807, 2.05) is 12.1 Å². The Morgan fingerprint density at radius 1 is 1.23 bits per heavy atom. The van der Waals surface area contributed by atoms with Gasteiger partial charge in [-0.1, -0.05) is 19.3 Å². The highest BCUT2D eigenvalue weighted by molar-refractivity contribution is 5.92. The van der Waals surface area contributed by atoms with Gasteiger partial charge in [0.25, 0.3) is 0 Å². The van der Waals surface area contributed by atoms with E-state index in [4.69, 9.17) is 9.47 Å². The van der Waals surface area contributed by atoms with E-state index in [2.05, 4.69) is 5.32 Å². The van der Waals surface area contributed by atoms with Crippen molar-refractivity contribution in [3.8, 4) is 11.5 Å². The molecule has 0 aliphatic heterocycles. The fraction of sp³-hybridized carbons (Fsp3) is 0.500. The molecule has 1 N–H and O–H groups in total. The highest BCUT2D eigenvalue weighted by Gasteiger charge is 2.13. The number of benzene rings is 1. The second-order valence-corrected chi connectivity index (χ2v) is 5.69. The minimum Gasteiger partial charge on any atom is -0.497 e. The number of nitrogens with one attached hydrogen (secondary N) is 1. The zero-order valence-electron chi connectivity index (χ0n) is 13.4. The molecule has 1 amide bonds. The van der Waals surface area contributed by atoms with Gasteiger partial charge in [0, 0.05) is 24.3 Å². The Bertz CT molecular complexity index is 519. The molecule has 1 aromatic carbocycles. The van der Waals surface area contributed by atoms with Crippen molar-refractivity contribution in [2.24, 2.45) is 5.92 Å². The lowest BCUT2D eigenvalue weighted by molar-refractivity contribution is -0.116.